The maximum absolute atomic E-state index is 2.40. The van der Waals surface area contributed by atoms with E-state index < -0.39 is 0 Å². The molecule has 2 heterocycles. The molecule has 2 aliphatic heterocycles. The first-order chi connectivity index (χ1) is 7.40. The van der Waals surface area contributed by atoms with Crippen molar-refractivity contribution in [1.82, 2.24) is 4.90 Å². The van der Waals surface area contributed by atoms with Crippen molar-refractivity contribution in [3.05, 3.63) is 59.3 Å². The minimum atomic E-state index is 0.129. The molecule has 1 unspecified atom stereocenters. The molecule has 0 saturated carbocycles. The Morgan fingerprint density at radius 1 is 1.13 bits per heavy atom. The second kappa shape index (κ2) is 2.25. The highest BCUT2D eigenvalue weighted by Crippen LogP contribution is 2.42. The SMILES string of the molecule is C1=CN2C=CC3=c4ccccc4=CC32C1. The zero-order chi connectivity index (χ0) is 9.88. The molecule has 0 aromatic heterocycles. The van der Waals surface area contributed by atoms with Gasteiger partial charge in [-0.15, -0.1) is 0 Å². The maximum atomic E-state index is 2.40. The summed E-state index contributed by atoms with van der Waals surface area (Å²) >= 11 is 0. The second-order valence-corrected chi connectivity index (χ2v) is 4.38. The van der Waals surface area contributed by atoms with Crippen LogP contribution in [0.5, 0.6) is 0 Å². The minimum absolute atomic E-state index is 0.129. The molecule has 0 N–H and O–H groups in total. The largest absolute Gasteiger partial charge is 0.341 e. The van der Waals surface area contributed by atoms with Crippen molar-refractivity contribution in [2.45, 2.75) is 12.0 Å². The van der Waals surface area contributed by atoms with Gasteiger partial charge in [-0.2, -0.15) is 0 Å². The highest BCUT2D eigenvalue weighted by molar-refractivity contribution is 5.83. The van der Waals surface area contributed by atoms with E-state index in [0.717, 1.165) is 6.42 Å². The summed E-state index contributed by atoms with van der Waals surface area (Å²) in [5.41, 5.74) is 1.59. The summed E-state index contributed by atoms with van der Waals surface area (Å²) in [5.74, 6) is 0. The van der Waals surface area contributed by atoms with E-state index >= 15 is 0 Å². The van der Waals surface area contributed by atoms with Crippen LogP contribution in [0.15, 0.2) is 48.8 Å². The molecule has 0 amide bonds. The molecular weight excluding hydrogens is 182 g/mol. The van der Waals surface area contributed by atoms with Gasteiger partial charge in [0.05, 0.1) is 5.54 Å². The Morgan fingerprint density at radius 3 is 3.07 bits per heavy atom. The topological polar surface area (TPSA) is 3.24 Å². The quantitative estimate of drug-likeness (QED) is 0.596. The minimum Gasteiger partial charge on any atom is -0.341 e. The number of fused-ring (bicyclic) bond motifs is 1. The highest BCUT2D eigenvalue weighted by Gasteiger charge is 2.42. The van der Waals surface area contributed by atoms with Gasteiger partial charge < -0.3 is 4.90 Å². The van der Waals surface area contributed by atoms with E-state index in [1.54, 1.807) is 0 Å². The zero-order valence-corrected chi connectivity index (χ0v) is 8.35. The first kappa shape index (κ1) is 7.52. The van der Waals surface area contributed by atoms with Crippen LogP contribution in [0.4, 0.5) is 0 Å². The predicted molar refractivity (Wildman–Crippen MR) is 61.0 cm³/mol. The van der Waals surface area contributed by atoms with Gasteiger partial charge in [-0.1, -0.05) is 30.3 Å². The molecule has 0 radical (unpaired) electrons. The van der Waals surface area contributed by atoms with Gasteiger partial charge in [0, 0.05) is 12.4 Å². The first-order valence-electron chi connectivity index (χ1n) is 5.36. The van der Waals surface area contributed by atoms with E-state index in [2.05, 4.69) is 59.8 Å². The summed E-state index contributed by atoms with van der Waals surface area (Å²) < 4.78 is 0. The number of hydrogen-bond donors (Lipinski definition) is 0. The Bertz CT molecular complexity index is 621. The van der Waals surface area contributed by atoms with Crippen LogP contribution in [0.3, 0.4) is 0 Å². The molecule has 1 heteroatoms. The summed E-state index contributed by atoms with van der Waals surface area (Å²) in [5, 5.41) is 2.78. The van der Waals surface area contributed by atoms with Gasteiger partial charge in [-0.25, -0.2) is 0 Å². The van der Waals surface area contributed by atoms with Crippen LogP contribution in [0, 0.1) is 0 Å². The molecule has 0 bridgehead atoms. The van der Waals surface area contributed by atoms with Crippen molar-refractivity contribution in [3.8, 4) is 0 Å². The lowest BCUT2D eigenvalue weighted by atomic mass is 9.91. The summed E-state index contributed by atoms with van der Waals surface area (Å²) in [7, 11) is 0. The van der Waals surface area contributed by atoms with Gasteiger partial charge >= 0.3 is 0 Å². The van der Waals surface area contributed by atoms with Gasteiger partial charge in [0.25, 0.3) is 0 Å². The van der Waals surface area contributed by atoms with Crippen molar-refractivity contribution in [3.63, 3.8) is 0 Å². The van der Waals surface area contributed by atoms with E-state index in [9.17, 15) is 0 Å². The monoisotopic (exact) mass is 193 g/mol. The molecule has 1 aromatic carbocycles. The number of nitrogens with zero attached hydrogens (tertiary/aromatic N) is 1. The Morgan fingerprint density at radius 2 is 2.07 bits per heavy atom. The molecule has 1 spiro atoms. The summed E-state index contributed by atoms with van der Waals surface area (Å²) in [6.45, 7) is 0. The summed E-state index contributed by atoms with van der Waals surface area (Å²) in [6.07, 6.45) is 12.4. The van der Waals surface area contributed by atoms with Gasteiger partial charge in [0.2, 0.25) is 0 Å². The number of hydrogen-bond acceptors (Lipinski definition) is 1. The van der Waals surface area contributed by atoms with Crippen LogP contribution in [-0.4, -0.2) is 10.4 Å². The molecular formula is C14H11N. The third kappa shape index (κ3) is 0.719. The maximum Gasteiger partial charge on any atom is 0.0924 e. The molecule has 3 aliphatic rings. The summed E-state index contributed by atoms with van der Waals surface area (Å²) in [4.78, 5) is 2.32. The van der Waals surface area contributed by atoms with Crippen molar-refractivity contribution < 1.29 is 0 Å². The van der Waals surface area contributed by atoms with Crippen molar-refractivity contribution in [1.29, 1.82) is 0 Å². The van der Waals surface area contributed by atoms with E-state index in [0.29, 0.717) is 0 Å². The lowest BCUT2D eigenvalue weighted by Gasteiger charge is -2.28. The first-order valence-corrected chi connectivity index (χ1v) is 5.36. The van der Waals surface area contributed by atoms with Crippen LogP contribution in [0.25, 0.3) is 11.6 Å². The fourth-order valence-electron chi connectivity index (χ4n) is 2.97. The highest BCUT2D eigenvalue weighted by atomic mass is 15.2. The molecule has 4 rings (SSSR count). The van der Waals surface area contributed by atoms with Gasteiger partial charge in [-0.3, -0.25) is 0 Å². The van der Waals surface area contributed by atoms with Crippen molar-refractivity contribution in [2.24, 2.45) is 0 Å². The van der Waals surface area contributed by atoms with E-state index in [-0.39, 0.29) is 5.54 Å². The standard InChI is InChI=1S/C14H11N/c1-2-5-12-11(4-1)10-14-7-3-8-15(14)9-6-13(12)14/h1-6,8-10H,7H2. The lowest BCUT2D eigenvalue weighted by molar-refractivity contribution is 0.417. The van der Waals surface area contributed by atoms with Crippen molar-refractivity contribution in [2.75, 3.05) is 0 Å². The Labute approximate surface area is 88.3 Å². The van der Waals surface area contributed by atoms with E-state index in [1.165, 1.54) is 16.0 Å². The lowest BCUT2D eigenvalue weighted by Crippen LogP contribution is -2.33. The fraction of sp³-hybridized carbons (Fsp3) is 0.143. The molecule has 1 aromatic rings. The number of rotatable bonds is 0. The van der Waals surface area contributed by atoms with Gasteiger partial charge in [-0.05, 0) is 34.6 Å². The average molecular weight is 193 g/mol. The molecule has 1 atom stereocenters. The van der Waals surface area contributed by atoms with Crippen LogP contribution in [0.1, 0.15) is 6.42 Å². The molecule has 0 fully saturated rings. The third-order valence-electron chi connectivity index (χ3n) is 3.67. The molecule has 1 aliphatic carbocycles. The van der Waals surface area contributed by atoms with Crippen LogP contribution in [0.2, 0.25) is 0 Å². The third-order valence-corrected chi connectivity index (χ3v) is 3.67. The second-order valence-electron chi connectivity index (χ2n) is 4.38. The normalized spacial score (nSPS) is 29.1. The molecule has 15 heavy (non-hydrogen) atoms. The van der Waals surface area contributed by atoms with Gasteiger partial charge in [0.15, 0.2) is 0 Å². The van der Waals surface area contributed by atoms with E-state index in [1.807, 2.05) is 0 Å². The van der Waals surface area contributed by atoms with Crippen LogP contribution < -0.4 is 10.4 Å². The average Bonchev–Trinajstić information content (AvgIpc) is 2.83. The Balaban J connectivity index is 2.16. The molecule has 1 nitrogen and oxygen atoms in total. The Kier molecular flexibility index (Phi) is 1.13. The van der Waals surface area contributed by atoms with Crippen molar-refractivity contribution >= 4 is 11.6 Å². The fourth-order valence-corrected chi connectivity index (χ4v) is 2.97. The van der Waals surface area contributed by atoms with E-state index in [4.69, 9.17) is 0 Å². The smallest absolute Gasteiger partial charge is 0.0924 e. The zero-order valence-electron chi connectivity index (χ0n) is 8.35. The summed E-state index contributed by atoms with van der Waals surface area (Å²) in [6, 6.07) is 8.67. The molecule has 0 saturated heterocycles. The number of benzene rings is 1. The van der Waals surface area contributed by atoms with Crippen LogP contribution >= 0.6 is 0 Å². The Hall–Kier alpha value is -1.76. The van der Waals surface area contributed by atoms with Crippen LogP contribution in [-0.2, 0) is 0 Å². The predicted octanol–water partition coefficient (Wildman–Crippen LogP) is 1.12. The molecule has 72 valence electrons. The van der Waals surface area contributed by atoms with Gasteiger partial charge in [0.1, 0.15) is 0 Å².